The fraction of sp³-hybridized carbons (Fsp3) is 0.625. The second kappa shape index (κ2) is 5.23. The third-order valence-electron chi connectivity index (χ3n) is 3.99. The van der Waals surface area contributed by atoms with Crippen molar-refractivity contribution in [2.45, 2.75) is 63.7 Å². The summed E-state index contributed by atoms with van der Waals surface area (Å²) < 4.78 is 29.5. The number of benzene rings is 1. The maximum absolute atomic E-state index is 14.7. The van der Waals surface area contributed by atoms with Crippen molar-refractivity contribution in [3.8, 4) is 0 Å². The zero-order chi connectivity index (χ0) is 15.1. The Hall–Kier alpha value is -0.740. The van der Waals surface area contributed by atoms with Gasteiger partial charge in [0.1, 0.15) is 5.82 Å². The van der Waals surface area contributed by atoms with Gasteiger partial charge in [-0.1, -0.05) is 25.1 Å². The van der Waals surface area contributed by atoms with E-state index in [9.17, 15) is 8.60 Å². The molecule has 1 aliphatic carbocycles. The van der Waals surface area contributed by atoms with E-state index >= 15 is 0 Å². The Balaban J connectivity index is 2.23. The Labute approximate surface area is 123 Å². The molecule has 4 heteroatoms. The molecule has 1 N–H and O–H groups in total. The first-order valence-corrected chi connectivity index (χ1v) is 8.27. The molecular formula is C16H24FNOS. The Morgan fingerprint density at radius 2 is 1.95 bits per heavy atom. The van der Waals surface area contributed by atoms with Gasteiger partial charge < -0.3 is 0 Å². The van der Waals surface area contributed by atoms with Crippen molar-refractivity contribution in [1.82, 2.24) is 4.72 Å². The Bertz CT molecular complexity index is 532. The zero-order valence-corrected chi connectivity index (χ0v) is 13.7. The summed E-state index contributed by atoms with van der Waals surface area (Å²) in [6, 6.07) is 5.29. The van der Waals surface area contributed by atoms with Crippen molar-refractivity contribution in [3.05, 3.63) is 35.1 Å². The summed E-state index contributed by atoms with van der Waals surface area (Å²) in [4.78, 5) is 0. The molecule has 1 aromatic rings. The maximum atomic E-state index is 14.7. The van der Waals surface area contributed by atoms with Crippen LogP contribution in [0.25, 0.3) is 0 Å². The monoisotopic (exact) mass is 297 g/mol. The normalized spacial score (nSPS) is 20.5. The highest BCUT2D eigenvalue weighted by atomic mass is 32.2. The van der Waals surface area contributed by atoms with Crippen LogP contribution in [0.2, 0.25) is 0 Å². The number of nitrogens with one attached hydrogen (secondary N) is 1. The molecule has 0 amide bonds. The predicted molar refractivity (Wildman–Crippen MR) is 82.4 cm³/mol. The van der Waals surface area contributed by atoms with Crippen molar-refractivity contribution in [2.24, 2.45) is 0 Å². The van der Waals surface area contributed by atoms with E-state index in [0.29, 0.717) is 5.56 Å². The molecule has 20 heavy (non-hydrogen) atoms. The highest BCUT2D eigenvalue weighted by molar-refractivity contribution is 7.84. The van der Waals surface area contributed by atoms with Gasteiger partial charge in [-0.2, -0.15) is 0 Å². The van der Waals surface area contributed by atoms with Crippen LogP contribution < -0.4 is 4.72 Å². The molecule has 0 radical (unpaired) electrons. The van der Waals surface area contributed by atoms with Crippen molar-refractivity contribution in [2.75, 3.05) is 0 Å². The third kappa shape index (κ3) is 3.12. The lowest BCUT2D eigenvalue weighted by atomic mass is 9.94. The lowest BCUT2D eigenvalue weighted by Crippen LogP contribution is -2.35. The van der Waals surface area contributed by atoms with Crippen LogP contribution in [-0.2, 0) is 16.4 Å². The summed E-state index contributed by atoms with van der Waals surface area (Å²) in [5.74, 6) is -0.140. The van der Waals surface area contributed by atoms with Crippen molar-refractivity contribution in [1.29, 1.82) is 0 Å². The SMILES string of the molecule is C[C@@H](N[S@@](=O)C(C)(C)C)c1cccc(C2(C)CC2)c1F. The summed E-state index contributed by atoms with van der Waals surface area (Å²) in [5.41, 5.74) is 1.40. The quantitative estimate of drug-likeness (QED) is 0.894. The van der Waals surface area contributed by atoms with E-state index in [1.807, 2.05) is 39.8 Å². The molecule has 1 aromatic carbocycles. The van der Waals surface area contributed by atoms with Crippen LogP contribution in [0.5, 0.6) is 0 Å². The lowest BCUT2D eigenvalue weighted by Gasteiger charge is -2.23. The van der Waals surface area contributed by atoms with Crippen molar-refractivity contribution < 1.29 is 8.60 Å². The maximum Gasteiger partial charge on any atom is 0.131 e. The van der Waals surface area contributed by atoms with Crippen LogP contribution in [0.15, 0.2) is 18.2 Å². The average molecular weight is 297 g/mol. The van der Waals surface area contributed by atoms with Gasteiger partial charge in [0.25, 0.3) is 0 Å². The third-order valence-corrected chi connectivity index (χ3v) is 5.67. The first-order chi connectivity index (χ1) is 9.15. The van der Waals surface area contributed by atoms with Crippen LogP contribution in [0.1, 0.15) is 64.6 Å². The molecule has 0 heterocycles. The van der Waals surface area contributed by atoms with Gasteiger partial charge in [-0.25, -0.2) is 13.3 Å². The summed E-state index contributed by atoms with van der Waals surface area (Å²) in [7, 11) is -1.20. The number of hydrogen-bond donors (Lipinski definition) is 1. The molecule has 1 fully saturated rings. The minimum absolute atomic E-state index is 0.00297. The molecule has 0 unspecified atom stereocenters. The molecule has 0 aliphatic heterocycles. The molecular weight excluding hydrogens is 273 g/mol. The van der Waals surface area contributed by atoms with E-state index in [4.69, 9.17) is 0 Å². The van der Waals surface area contributed by atoms with Crippen LogP contribution in [0.3, 0.4) is 0 Å². The molecule has 0 spiro atoms. The van der Waals surface area contributed by atoms with E-state index in [2.05, 4.69) is 11.6 Å². The minimum Gasteiger partial charge on any atom is -0.242 e. The molecule has 0 aromatic heterocycles. The number of halogens is 1. The molecule has 1 saturated carbocycles. The topological polar surface area (TPSA) is 29.1 Å². The minimum atomic E-state index is -1.20. The molecule has 0 bridgehead atoms. The number of hydrogen-bond acceptors (Lipinski definition) is 1. The van der Waals surface area contributed by atoms with Crippen LogP contribution in [0.4, 0.5) is 4.39 Å². The summed E-state index contributed by atoms with van der Waals surface area (Å²) in [5, 5.41) is 0. The molecule has 1 aliphatic rings. The van der Waals surface area contributed by atoms with E-state index in [-0.39, 0.29) is 22.0 Å². The fourth-order valence-corrected chi connectivity index (χ4v) is 3.01. The van der Waals surface area contributed by atoms with E-state index in [1.54, 1.807) is 6.07 Å². The van der Waals surface area contributed by atoms with E-state index in [0.717, 1.165) is 18.4 Å². The number of rotatable bonds is 4. The summed E-state index contributed by atoms with van der Waals surface area (Å²) >= 11 is 0. The van der Waals surface area contributed by atoms with Crippen LogP contribution in [0, 0.1) is 5.82 Å². The fourth-order valence-electron chi connectivity index (χ4n) is 2.21. The van der Waals surface area contributed by atoms with Gasteiger partial charge in [0.2, 0.25) is 0 Å². The Kier molecular flexibility index (Phi) is 4.09. The van der Waals surface area contributed by atoms with E-state index in [1.165, 1.54) is 0 Å². The van der Waals surface area contributed by atoms with Gasteiger partial charge in [-0.05, 0) is 51.5 Å². The van der Waals surface area contributed by atoms with Gasteiger partial charge in [0.05, 0.1) is 15.7 Å². The smallest absolute Gasteiger partial charge is 0.131 e. The standard InChI is InChI=1S/C16H24FNOS/c1-11(18-20(19)15(2,3)4)12-7-6-8-13(14(12)17)16(5)9-10-16/h6-8,11,18H,9-10H2,1-5H3/t11-,20+/m1/s1. The van der Waals surface area contributed by atoms with Crippen LogP contribution >= 0.6 is 0 Å². The summed E-state index contributed by atoms with van der Waals surface area (Å²) in [6.07, 6.45) is 2.09. The molecule has 0 saturated heterocycles. The largest absolute Gasteiger partial charge is 0.242 e. The van der Waals surface area contributed by atoms with Gasteiger partial charge in [-0.3, -0.25) is 0 Å². The zero-order valence-electron chi connectivity index (χ0n) is 12.9. The van der Waals surface area contributed by atoms with Gasteiger partial charge in [0, 0.05) is 11.6 Å². The van der Waals surface area contributed by atoms with Crippen molar-refractivity contribution >= 4 is 11.0 Å². The predicted octanol–water partition coefficient (Wildman–Crippen LogP) is 3.99. The first-order valence-electron chi connectivity index (χ1n) is 7.12. The Morgan fingerprint density at radius 1 is 1.35 bits per heavy atom. The second-order valence-corrected chi connectivity index (χ2v) is 8.99. The van der Waals surface area contributed by atoms with Gasteiger partial charge in [-0.15, -0.1) is 0 Å². The highest BCUT2D eigenvalue weighted by Crippen LogP contribution is 2.49. The van der Waals surface area contributed by atoms with Crippen LogP contribution in [-0.4, -0.2) is 8.96 Å². The summed E-state index contributed by atoms with van der Waals surface area (Å²) in [6.45, 7) is 9.67. The average Bonchev–Trinajstić information content (AvgIpc) is 3.07. The highest BCUT2D eigenvalue weighted by Gasteiger charge is 2.41. The molecule has 2 nitrogen and oxygen atoms in total. The second-order valence-electron chi connectivity index (χ2n) is 6.99. The van der Waals surface area contributed by atoms with Gasteiger partial charge in [0.15, 0.2) is 0 Å². The lowest BCUT2D eigenvalue weighted by molar-refractivity contribution is 0.546. The molecule has 2 atom stereocenters. The van der Waals surface area contributed by atoms with E-state index < -0.39 is 11.0 Å². The van der Waals surface area contributed by atoms with Crippen molar-refractivity contribution in [3.63, 3.8) is 0 Å². The molecule has 2 rings (SSSR count). The first kappa shape index (κ1) is 15.6. The van der Waals surface area contributed by atoms with Gasteiger partial charge >= 0.3 is 0 Å². The Morgan fingerprint density at radius 3 is 2.45 bits per heavy atom. The molecule has 112 valence electrons.